The summed E-state index contributed by atoms with van der Waals surface area (Å²) in [5.74, 6) is -0.725. The average Bonchev–Trinajstić information content (AvgIpc) is 2.81. The lowest BCUT2D eigenvalue weighted by molar-refractivity contribution is -0.145. The Kier molecular flexibility index (Phi) is 12.7. The fourth-order valence-corrected chi connectivity index (χ4v) is 3.94. The van der Waals surface area contributed by atoms with E-state index in [-0.39, 0.29) is 23.8 Å². The van der Waals surface area contributed by atoms with Crippen molar-refractivity contribution < 1.29 is 19.1 Å². The summed E-state index contributed by atoms with van der Waals surface area (Å²) < 4.78 is 5.44. The van der Waals surface area contributed by atoms with Gasteiger partial charge in [-0.3, -0.25) is 9.59 Å². The third-order valence-corrected chi connectivity index (χ3v) is 6.03. The van der Waals surface area contributed by atoms with E-state index in [1.807, 2.05) is 52.0 Å². The summed E-state index contributed by atoms with van der Waals surface area (Å²) in [6.07, 6.45) is 4.65. The normalized spacial score (nSPS) is 13.9. The molecule has 3 unspecified atom stereocenters. The quantitative estimate of drug-likeness (QED) is 0.332. The lowest BCUT2D eigenvalue weighted by Crippen LogP contribution is -2.57. The fourth-order valence-electron chi connectivity index (χ4n) is 3.94. The SMILES string of the molecule is C=Cc1cccc(C(C(=O)NCCCCC)N(C(=O)C(NC(=O)OC(C)(C)C)C(C)CC)C(C)C)c1. The second-order valence-corrected chi connectivity index (χ2v) is 10.6. The number of rotatable bonds is 13. The zero-order valence-corrected chi connectivity index (χ0v) is 23.5. The number of nitrogens with zero attached hydrogens (tertiary/aromatic N) is 1. The number of ether oxygens (including phenoxy) is 1. The molecular formula is C29H47N3O4. The molecule has 0 aromatic heterocycles. The Bertz CT molecular complexity index is 876. The lowest BCUT2D eigenvalue weighted by atomic mass is 9.94. The van der Waals surface area contributed by atoms with Crippen LogP contribution >= 0.6 is 0 Å². The number of hydrogen-bond acceptors (Lipinski definition) is 4. The van der Waals surface area contributed by atoms with Gasteiger partial charge in [0.1, 0.15) is 17.7 Å². The van der Waals surface area contributed by atoms with Gasteiger partial charge in [-0.05, 0) is 64.2 Å². The fraction of sp³-hybridized carbons (Fsp3) is 0.621. The minimum Gasteiger partial charge on any atom is -0.444 e. The Morgan fingerprint density at radius 1 is 1.11 bits per heavy atom. The van der Waals surface area contributed by atoms with Crippen LogP contribution in [0.25, 0.3) is 6.08 Å². The summed E-state index contributed by atoms with van der Waals surface area (Å²) in [5.41, 5.74) is 0.858. The van der Waals surface area contributed by atoms with Crippen LogP contribution in [0.2, 0.25) is 0 Å². The number of hydrogen-bond donors (Lipinski definition) is 2. The molecule has 0 saturated carbocycles. The van der Waals surface area contributed by atoms with Crippen LogP contribution in [0.4, 0.5) is 4.79 Å². The Balaban J connectivity index is 3.46. The van der Waals surface area contributed by atoms with Crippen molar-refractivity contribution in [3.05, 3.63) is 42.0 Å². The maximum absolute atomic E-state index is 14.1. The number of carbonyl (C=O) groups is 3. The molecule has 1 rings (SSSR count). The zero-order chi connectivity index (χ0) is 27.5. The highest BCUT2D eigenvalue weighted by atomic mass is 16.6. The average molecular weight is 502 g/mol. The van der Waals surface area contributed by atoms with Crippen LogP contribution < -0.4 is 10.6 Å². The number of nitrogens with one attached hydrogen (secondary N) is 2. The molecule has 0 aliphatic carbocycles. The third kappa shape index (κ3) is 9.67. The van der Waals surface area contributed by atoms with Crippen LogP contribution in [0.5, 0.6) is 0 Å². The lowest BCUT2D eigenvalue weighted by Gasteiger charge is -2.38. The zero-order valence-electron chi connectivity index (χ0n) is 23.5. The molecule has 7 nitrogen and oxygen atoms in total. The number of benzene rings is 1. The maximum Gasteiger partial charge on any atom is 0.408 e. The Hall–Kier alpha value is -2.83. The van der Waals surface area contributed by atoms with E-state index in [0.717, 1.165) is 24.8 Å². The topological polar surface area (TPSA) is 87.7 Å². The van der Waals surface area contributed by atoms with Crippen LogP contribution in [0.3, 0.4) is 0 Å². The third-order valence-electron chi connectivity index (χ3n) is 6.03. The molecule has 0 fully saturated rings. The number of unbranched alkanes of at least 4 members (excludes halogenated alkanes) is 2. The highest BCUT2D eigenvalue weighted by molar-refractivity contribution is 5.92. The van der Waals surface area contributed by atoms with Crippen molar-refractivity contribution in [2.24, 2.45) is 5.92 Å². The first-order valence-electron chi connectivity index (χ1n) is 13.2. The van der Waals surface area contributed by atoms with Gasteiger partial charge in [0.15, 0.2) is 0 Å². The van der Waals surface area contributed by atoms with Gasteiger partial charge in [0.2, 0.25) is 11.8 Å². The van der Waals surface area contributed by atoms with E-state index in [0.29, 0.717) is 18.5 Å². The molecule has 0 bridgehead atoms. The first-order valence-corrected chi connectivity index (χ1v) is 13.2. The predicted octanol–water partition coefficient (Wildman–Crippen LogP) is 5.85. The van der Waals surface area contributed by atoms with Crippen LogP contribution in [0, 0.1) is 5.92 Å². The van der Waals surface area contributed by atoms with Crippen LogP contribution in [0.1, 0.15) is 98.2 Å². The molecule has 1 aromatic carbocycles. The van der Waals surface area contributed by atoms with Crippen LogP contribution in [-0.4, -0.2) is 47.0 Å². The van der Waals surface area contributed by atoms with Crippen LogP contribution in [0.15, 0.2) is 30.8 Å². The van der Waals surface area contributed by atoms with Gasteiger partial charge < -0.3 is 20.3 Å². The molecule has 7 heteroatoms. The molecule has 0 spiro atoms. The van der Waals surface area contributed by atoms with Crippen molar-refractivity contribution in [3.63, 3.8) is 0 Å². The van der Waals surface area contributed by atoms with Crippen molar-refractivity contribution in [2.75, 3.05) is 6.54 Å². The van der Waals surface area contributed by atoms with Gasteiger partial charge in [0, 0.05) is 12.6 Å². The minimum absolute atomic E-state index is 0.168. The van der Waals surface area contributed by atoms with Gasteiger partial charge >= 0.3 is 6.09 Å². The molecule has 0 aliphatic rings. The van der Waals surface area contributed by atoms with Crippen molar-refractivity contribution in [1.29, 1.82) is 0 Å². The van der Waals surface area contributed by atoms with Gasteiger partial charge in [-0.15, -0.1) is 0 Å². The van der Waals surface area contributed by atoms with Gasteiger partial charge in [-0.25, -0.2) is 4.79 Å². The number of amides is 3. The summed E-state index contributed by atoms with van der Waals surface area (Å²) in [7, 11) is 0. The van der Waals surface area contributed by atoms with E-state index in [1.54, 1.807) is 31.7 Å². The first-order chi connectivity index (χ1) is 16.9. The van der Waals surface area contributed by atoms with E-state index in [9.17, 15) is 14.4 Å². The Morgan fingerprint density at radius 2 is 1.78 bits per heavy atom. The highest BCUT2D eigenvalue weighted by Crippen LogP contribution is 2.27. The van der Waals surface area contributed by atoms with Crippen molar-refractivity contribution >= 4 is 24.0 Å². The number of alkyl carbamates (subject to hydrolysis) is 1. The summed E-state index contributed by atoms with van der Waals surface area (Å²) in [4.78, 5) is 41.9. The summed E-state index contributed by atoms with van der Waals surface area (Å²) >= 11 is 0. The largest absolute Gasteiger partial charge is 0.444 e. The predicted molar refractivity (Wildman–Crippen MR) is 146 cm³/mol. The smallest absolute Gasteiger partial charge is 0.408 e. The molecule has 202 valence electrons. The van der Waals surface area contributed by atoms with E-state index in [1.165, 1.54) is 0 Å². The minimum atomic E-state index is -0.856. The van der Waals surface area contributed by atoms with Gasteiger partial charge in [-0.2, -0.15) is 0 Å². The summed E-state index contributed by atoms with van der Waals surface area (Å²) in [6, 6.07) is 5.49. The first kappa shape index (κ1) is 31.2. The number of carbonyl (C=O) groups excluding carboxylic acids is 3. The Labute approximate surface area is 218 Å². The van der Waals surface area contributed by atoms with E-state index in [4.69, 9.17) is 4.74 Å². The van der Waals surface area contributed by atoms with Gasteiger partial charge in [0.25, 0.3) is 0 Å². The van der Waals surface area contributed by atoms with Gasteiger partial charge in [0.05, 0.1) is 0 Å². The molecule has 3 atom stereocenters. The molecule has 3 amide bonds. The van der Waals surface area contributed by atoms with E-state index >= 15 is 0 Å². The molecule has 0 radical (unpaired) electrons. The summed E-state index contributed by atoms with van der Waals surface area (Å²) in [6.45, 7) is 19.5. The van der Waals surface area contributed by atoms with Crippen molar-refractivity contribution in [2.45, 2.75) is 105 Å². The van der Waals surface area contributed by atoms with Crippen LogP contribution in [-0.2, 0) is 14.3 Å². The van der Waals surface area contributed by atoms with Crippen molar-refractivity contribution in [3.8, 4) is 0 Å². The standard InChI is InChI=1S/C29H47N3O4/c1-10-13-14-18-30-26(33)25(23-17-15-16-22(12-3)19-23)32(20(4)5)27(34)24(21(6)11-2)31-28(35)36-29(7,8)9/h12,15-17,19-21,24-25H,3,10-11,13-14,18H2,1-2,4-9H3,(H,30,33)(H,31,35). The van der Waals surface area contributed by atoms with Crippen molar-refractivity contribution in [1.82, 2.24) is 15.5 Å². The summed E-state index contributed by atoms with van der Waals surface area (Å²) in [5, 5.41) is 5.81. The molecule has 2 N–H and O–H groups in total. The Morgan fingerprint density at radius 3 is 2.31 bits per heavy atom. The van der Waals surface area contributed by atoms with E-state index in [2.05, 4.69) is 24.1 Å². The molecule has 0 heterocycles. The molecule has 0 saturated heterocycles. The molecule has 0 aliphatic heterocycles. The second kappa shape index (κ2) is 14.7. The second-order valence-electron chi connectivity index (χ2n) is 10.6. The molecular weight excluding hydrogens is 454 g/mol. The van der Waals surface area contributed by atoms with E-state index < -0.39 is 23.8 Å². The highest BCUT2D eigenvalue weighted by Gasteiger charge is 2.39. The van der Waals surface area contributed by atoms with Gasteiger partial charge in [-0.1, -0.05) is 70.9 Å². The monoisotopic (exact) mass is 501 g/mol. The molecule has 36 heavy (non-hydrogen) atoms. The molecule has 1 aromatic rings. The maximum atomic E-state index is 14.1.